The zero-order valence-electron chi connectivity index (χ0n) is 42.8. The van der Waals surface area contributed by atoms with Gasteiger partial charge in [-0.1, -0.05) is 27.7 Å². The summed E-state index contributed by atoms with van der Waals surface area (Å²) in [5, 5.41) is 144. The second-order valence-corrected chi connectivity index (χ2v) is 24.5. The van der Waals surface area contributed by atoms with Gasteiger partial charge in [0, 0.05) is 12.5 Å². The van der Waals surface area contributed by atoms with Crippen molar-refractivity contribution in [2.75, 3.05) is 33.0 Å². The zero-order chi connectivity index (χ0) is 52.9. The van der Waals surface area contributed by atoms with Crippen molar-refractivity contribution in [2.45, 2.75) is 233 Å². The lowest BCUT2D eigenvalue weighted by Crippen LogP contribution is -2.68. The lowest BCUT2D eigenvalue weighted by Gasteiger charge is -2.61. The molecule has 74 heavy (non-hydrogen) atoms. The van der Waals surface area contributed by atoms with Gasteiger partial charge in [-0.25, -0.2) is 0 Å². The molecule has 0 aromatic carbocycles. The third-order valence-electron chi connectivity index (χ3n) is 20.6. The maximum Gasteiger partial charge on any atom is 0.187 e. The summed E-state index contributed by atoms with van der Waals surface area (Å²) in [4.78, 5) is 0. The van der Waals surface area contributed by atoms with Gasteiger partial charge in [-0.3, -0.25) is 5.32 Å². The number of aliphatic hydroxyl groups is 13. The summed E-state index contributed by atoms with van der Waals surface area (Å²) in [6.45, 7) is 7.38. The van der Waals surface area contributed by atoms with Crippen LogP contribution in [0.1, 0.15) is 91.9 Å². The summed E-state index contributed by atoms with van der Waals surface area (Å²) >= 11 is 0. The molecule has 0 bridgehead atoms. The van der Waals surface area contributed by atoms with Gasteiger partial charge in [-0.05, 0) is 111 Å². The van der Waals surface area contributed by atoms with E-state index in [2.05, 4.69) is 33.0 Å². The van der Waals surface area contributed by atoms with Crippen molar-refractivity contribution >= 4 is 0 Å². The topological polar surface area (TPSA) is 358 Å². The molecule has 4 saturated carbocycles. The van der Waals surface area contributed by atoms with Gasteiger partial charge in [0.1, 0.15) is 103 Å². The van der Waals surface area contributed by atoms with Gasteiger partial charge >= 0.3 is 0 Å². The molecule has 23 nitrogen and oxygen atoms in total. The average Bonchev–Trinajstić information content (AvgIpc) is 3.84. The van der Waals surface area contributed by atoms with E-state index in [4.69, 9.17) is 42.6 Å². The minimum Gasteiger partial charge on any atom is -0.394 e. The third kappa shape index (κ3) is 9.56. The average molecular weight is 1060 g/mol. The van der Waals surface area contributed by atoms with Crippen molar-refractivity contribution in [3.63, 3.8) is 0 Å². The smallest absolute Gasteiger partial charge is 0.187 e. The van der Waals surface area contributed by atoms with E-state index in [1.807, 2.05) is 0 Å². The van der Waals surface area contributed by atoms with Crippen LogP contribution in [0.5, 0.6) is 0 Å². The lowest BCUT2D eigenvalue weighted by atomic mass is 9.44. The highest BCUT2D eigenvalue weighted by Gasteiger charge is 2.69. The van der Waals surface area contributed by atoms with Crippen LogP contribution in [0.15, 0.2) is 0 Å². The zero-order valence-corrected chi connectivity index (χ0v) is 42.8. The molecule has 4 aliphatic carbocycles. The predicted molar refractivity (Wildman–Crippen MR) is 250 cm³/mol. The largest absolute Gasteiger partial charge is 0.394 e. The number of hydrogen-bond donors (Lipinski definition) is 14. The molecule has 10 fully saturated rings. The molecule has 10 rings (SSSR count). The van der Waals surface area contributed by atoms with E-state index in [1.54, 1.807) is 0 Å². The summed E-state index contributed by atoms with van der Waals surface area (Å²) in [7, 11) is 0. The second-order valence-electron chi connectivity index (χ2n) is 24.5. The molecule has 6 aliphatic heterocycles. The Morgan fingerprint density at radius 2 is 1.03 bits per heavy atom. The molecule has 14 N–H and O–H groups in total. The molecule has 10 aliphatic rings. The summed E-state index contributed by atoms with van der Waals surface area (Å²) in [6.07, 6.45) is -25.5. The van der Waals surface area contributed by atoms with Gasteiger partial charge in [0.05, 0.1) is 38.6 Å². The van der Waals surface area contributed by atoms with Crippen molar-refractivity contribution < 1.29 is 109 Å². The molecule has 0 amide bonds. The summed E-state index contributed by atoms with van der Waals surface area (Å²) < 4.78 is 55.2. The molecule has 32 atom stereocenters. The van der Waals surface area contributed by atoms with Gasteiger partial charge in [-0.15, -0.1) is 0 Å². The lowest BCUT2D eigenvalue weighted by molar-refractivity contribution is -0.406. The first-order chi connectivity index (χ1) is 35.2. The highest BCUT2D eigenvalue weighted by molar-refractivity contribution is 5.16. The first-order valence-electron chi connectivity index (χ1n) is 27.4. The Labute approximate surface area is 431 Å². The van der Waals surface area contributed by atoms with E-state index in [0.29, 0.717) is 47.8 Å². The van der Waals surface area contributed by atoms with Crippen molar-refractivity contribution in [3.8, 4) is 0 Å². The molecule has 0 radical (unpaired) electrons. The normalized spacial score (nSPS) is 57.6. The van der Waals surface area contributed by atoms with E-state index in [-0.39, 0.29) is 28.8 Å². The number of piperidine rings is 1. The Hall–Kier alpha value is -0.920. The fourth-order valence-electron chi connectivity index (χ4n) is 16.3. The van der Waals surface area contributed by atoms with Gasteiger partial charge < -0.3 is 109 Å². The summed E-state index contributed by atoms with van der Waals surface area (Å²) in [5.41, 5.74) is 0.118. The number of hydrogen-bond acceptors (Lipinski definition) is 23. The maximum atomic E-state index is 11.8. The quantitative estimate of drug-likeness (QED) is 0.0850. The van der Waals surface area contributed by atoms with Crippen molar-refractivity contribution in [1.29, 1.82) is 0 Å². The first-order valence-corrected chi connectivity index (χ1v) is 27.4. The second kappa shape index (κ2) is 21.9. The molecule has 0 aromatic rings. The number of rotatable bonds is 12. The van der Waals surface area contributed by atoms with Crippen molar-refractivity contribution in [3.05, 3.63) is 0 Å². The Kier molecular flexibility index (Phi) is 16.6. The summed E-state index contributed by atoms with van der Waals surface area (Å²) in [5.74, 6) is 3.80. The van der Waals surface area contributed by atoms with Gasteiger partial charge in [-0.2, -0.15) is 0 Å². The van der Waals surface area contributed by atoms with Gasteiger partial charge in [0.15, 0.2) is 25.2 Å². The van der Waals surface area contributed by atoms with Crippen LogP contribution in [0.3, 0.4) is 0 Å². The monoisotopic (exact) mass is 1060 g/mol. The van der Waals surface area contributed by atoms with Crippen LogP contribution in [0, 0.1) is 52.3 Å². The Bertz CT molecular complexity index is 1880. The number of aliphatic hydroxyl groups excluding tert-OH is 13. The molecule has 6 heterocycles. The molecule has 6 saturated heterocycles. The summed E-state index contributed by atoms with van der Waals surface area (Å²) in [6, 6.07) is 0. The van der Waals surface area contributed by atoms with E-state index in [1.165, 1.54) is 19.3 Å². The van der Waals surface area contributed by atoms with E-state index in [9.17, 15) is 66.4 Å². The van der Waals surface area contributed by atoms with Gasteiger partial charge in [0.2, 0.25) is 0 Å². The first kappa shape index (κ1) is 56.4. The van der Waals surface area contributed by atoms with Crippen LogP contribution >= 0.6 is 0 Å². The van der Waals surface area contributed by atoms with Crippen LogP contribution in [0.2, 0.25) is 0 Å². The highest BCUT2D eigenvalue weighted by atomic mass is 16.8. The number of ether oxygens (including phenoxy) is 9. The molecular formula is C51H85NO22. The maximum absolute atomic E-state index is 11.8. The standard InChI is InChI=1S/C51H85NO22/c1-20-7-12-51(52-15-20)21(2)32-27(74-51)14-26-24-6-5-22-13-23(8-10-49(22,3)25(24)9-11-50(26,32)4)66-45-41(65)38(62)42(31(19-56)70-45)71-48-44(73-47-40(64)37(61)34(58)29(17-54)68-47)43(35(59)30(18-55)69-48)72-46-39(63)36(60)33(57)28(16-53)67-46/h20-48,52-65H,5-19H2,1-4H3. The third-order valence-corrected chi connectivity index (χ3v) is 20.6. The highest BCUT2D eigenvalue weighted by Crippen LogP contribution is 2.71. The van der Waals surface area contributed by atoms with Crippen LogP contribution in [0.4, 0.5) is 0 Å². The minimum atomic E-state index is -2.03. The van der Waals surface area contributed by atoms with Crippen molar-refractivity contribution in [1.82, 2.24) is 5.32 Å². The van der Waals surface area contributed by atoms with Crippen LogP contribution < -0.4 is 5.32 Å². The van der Waals surface area contributed by atoms with E-state index in [0.717, 1.165) is 45.1 Å². The minimum absolute atomic E-state index is 0.0906. The van der Waals surface area contributed by atoms with Crippen LogP contribution in [0.25, 0.3) is 0 Å². The van der Waals surface area contributed by atoms with E-state index >= 15 is 0 Å². The predicted octanol–water partition coefficient (Wildman–Crippen LogP) is -3.34. The Morgan fingerprint density at radius 3 is 1.64 bits per heavy atom. The number of fused-ring (bicyclic) bond motifs is 7. The Morgan fingerprint density at radius 1 is 0.486 bits per heavy atom. The van der Waals surface area contributed by atoms with Crippen LogP contribution in [-0.4, -0.2) is 240 Å². The number of nitrogens with one attached hydrogen (secondary N) is 1. The van der Waals surface area contributed by atoms with Gasteiger partial charge in [0.25, 0.3) is 0 Å². The Balaban J connectivity index is 0.820. The molecule has 426 valence electrons. The van der Waals surface area contributed by atoms with E-state index < -0.39 is 149 Å². The molecular weight excluding hydrogens is 979 g/mol. The van der Waals surface area contributed by atoms with Crippen LogP contribution in [-0.2, 0) is 42.6 Å². The fourth-order valence-corrected chi connectivity index (χ4v) is 16.3. The SMILES string of the molecule is CC1CCC2(NC1)OC1CC3C4CCC5CC(OC6OC(CO)C(OC7OC(CO)C(O)C(OC8OC(CO)C(O)C(O)C8O)C7OC7OC(CO)C(O)C(O)C7O)C(O)C6O)CCC5(C)C4CCC3(C)C1C2C. The fraction of sp³-hybridized carbons (Fsp3) is 1.00. The molecule has 32 unspecified atom stereocenters. The molecule has 23 heteroatoms. The molecule has 1 spiro atoms. The molecule has 0 aromatic heterocycles. The van der Waals surface area contributed by atoms with Crippen molar-refractivity contribution in [2.24, 2.45) is 52.3 Å².